The van der Waals surface area contributed by atoms with E-state index in [2.05, 4.69) is 10.6 Å². The molecule has 8 nitrogen and oxygen atoms in total. The fourth-order valence-electron chi connectivity index (χ4n) is 2.71. The second-order valence-corrected chi connectivity index (χ2v) is 6.33. The molecular formula is C22H19N3O5. The van der Waals surface area contributed by atoms with E-state index in [4.69, 9.17) is 4.42 Å². The number of rotatable bonds is 8. The summed E-state index contributed by atoms with van der Waals surface area (Å²) in [5.41, 5.74) is 1.29. The van der Waals surface area contributed by atoms with Crippen LogP contribution in [-0.4, -0.2) is 23.3 Å². The van der Waals surface area contributed by atoms with E-state index in [1.54, 1.807) is 12.1 Å². The van der Waals surface area contributed by atoms with E-state index in [1.807, 2.05) is 30.3 Å². The van der Waals surface area contributed by atoms with Crippen molar-refractivity contribution in [2.24, 2.45) is 0 Å². The van der Waals surface area contributed by atoms with E-state index in [0.29, 0.717) is 18.5 Å². The van der Waals surface area contributed by atoms with Gasteiger partial charge in [-0.25, -0.2) is 0 Å². The van der Waals surface area contributed by atoms with Crippen LogP contribution in [0.3, 0.4) is 0 Å². The first-order valence-electron chi connectivity index (χ1n) is 9.16. The van der Waals surface area contributed by atoms with Gasteiger partial charge < -0.3 is 15.1 Å². The number of benzene rings is 2. The van der Waals surface area contributed by atoms with E-state index in [1.165, 1.54) is 36.6 Å². The maximum absolute atomic E-state index is 12.7. The molecule has 3 aromatic rings. The molecule has 1 aromatic heterocycles. The standard InChI is InChI=1S/C22H19N3O5/c26-21(23-12-11-16-6-2-1-3-7-16)19(24-22(27)20-10-5-13-30-20)15-17-8-4-9-18(14-17)25(28)29/h1-10,13-15H,11-12H2,(H,23,26)(H,24,27)/b19-15-. The molecule has 2 amide bonds. The van der Waals surface area contributed by atoms with Gasteiger partial charge in [0.05, 0.1) is 11.2 Å². The van der Waals surface area contributed by atoms with Gasteiger partial charge in [0.25, 0.3) is 17.5 Å². The maximum Gasteiger partial charge on any atom is 0.291 e. The lowest BCUT2D eigenvalue weighted by molar-refractivity contribution is -0.384. The number of non-ortho nitro benzene ring substituents is 1. The maximum atomic E-state index is 12.7. The highest BCUT2D eigenvalue weighted by atomic mass is 16.6. The highest BCUT2D eigenvalue weighted by molar-refractivity contribution is 6.04. The van der Waals surface area contributed by atoms with Crippen molar-refractivity contribution in [3.63, 3.8) is 0 Å². The molecule has 0 saturated heterocycles. The Balaban J connectivity index is 1.77. The van der Waals surface area contributed by atoms with Crippen LogP contribution in [0.2, 0.25) is 0 Å². The fourth-order valence-corrected chi connectivity index (χ4v) is 2.71. The average molecular weight is 405 g/mol. The Hall–Kier alpha value is -4.20. The molecule has 8 heteroatoms. The molecule has 0 spiro atoms. The van der Waals surface area contributed by atoms with Crippen LogP contribution in [0, 0.1) is 10.1 Å². The van der Waals surface area contributed by atoms with Crippen LogP contribution in [0.4, 0.5) is 5.69 Å². The molecule has 0 bridgehead atoms. The monoisotopic (exact) mass is 405 g/mol. The van der Waals surface area contributed by atoms with Crippen molar-refractivity contribution in [3.05, 3.63) is 106 Å². The van der Waals surface area contributed by atoms with Crippen LogP contribution in [0.5, 0.6) is 0 Å². The first-order valence-corrected chi connectivity index (χ1v) is 9.16. The van der Waals surface area contributed by atoms with Crippen LogP contribution in [0.1, 0.15) is 21.7 Å². The Morgan fingerprint density at radius 3 is 2.53 bits per heavy atom. The van der Waals surface area contributed by atoms with Gasteiger partial charge in [0.2, 0.25) is 0 Å². The Bertz CT molecular complexity index is 1060. The quantitative estimate of drug-likeness (QED) is 0.339. The summed E-state index contributed by atoms with van der Waals surface area (Å²) in [5.74, 6) is -1.08. The van der Waals surface area contributed by atoms with Crippen molar-refractivity contribution in [2.75, 3.05) is 6.54 Å². The fraction of sp³-hybridized carbons (Fsp3) is 0.0909. The molecule has 0 atom stereocenters. The largest absolute Gasteiger partial charge is 0.459 e. The van der Waals surface area contributed by atoms with E-state index >= 15 is 0 Å². The van der Waals surface area contributed by atoms with Gasteiger partial charge in [-0.3, -0.25) is 19.7 Å². The summed E-state index contributed by atoms with van der Waals surface area (Å²) in [6, 6.07) is 18.4. The van der Waals surface area contributed by atoms with Gasteiger partial charge in [0, 0.05) is 18.7 Å². The van der Waals surface area contributed by atoms with Crippen molar-refractivity contribution in [1.82, 2.24) is 10.6 Å². The predicted octanol–water partition coefficient (Wildman–Crippen LogP) is 3.32. The van der Waals surface area contributed by atoms with Crippen LogP contribution < -0.4 is 10.6 Å². The van der Waals surface area contributed by atoms with Crippen molar-refractivity contribution >= 4 is 23.6 Å². The van der Waals surface area contributed by atoms with Crippen molar-refractivity contribution in [2.45, 2.75) is 6.42 Å². The Morgan fingerprint density at radius 1 is 1.03 bits per heavy atom. The summed E-state index contributed by atoms with van der Waals surface area (Å²) >= 11 is 0. The van der Waals surface area contributed by atoms with Gasteiger partial charge >= 0.3 is 0 Å². The molecule has 0 aliphatic rings. The lowest BCUT2D eigenvalue weighted by Crippen LogP contribution is -2.35. The molecule has 0 aliphatic carbocycles. The Morgan fingerprint density at radius 2 is 1.83 bits per heavy atom. The van der Waals surface area contributed by atoms with Crippen LogP contribution in [0.25, 0.3) is 6.08 Å². The van der Waals surface area contributed by atoms with Gasteiger partial charge in [-0.1, -0.05) is 42.5 Å². The van der Waals surface area contributed by atoms with Gasteiger partial charge in [-0.15, -0.1) is 0 Å². The molecular weight excluding hydrogens is 386 g/mol. The molecule has 0 radical (unpaired) electrons. The molecule has 152 valence electrons. The van der Waals surface area contributed by atoms with E-state index in [-0.39, 0.29) is 17.1 Å². The van der Waals surface area contributed by atoms with Gasteiger partial charge in [-0.05, 0) is 35.8 Å². The summed E-state index contributed by atoms with van der Waals surface area (Å²) in [6.45, 7) is 0.353. The summed E-state index contributed by atoms with van der Waals surface area (Å²) in [7, 11) is 0. The summed E-state index contributed by atoms with van der Waals surface area (Å²) < 4.78 is 5.06. The SMILES string of the molecule is O=C(NCCc1ccccc1)/C(=C/c1cccc([N+](=O)[O-])c1)NC(=O)c1ccco1. The first kappa shape index (κ1) is 20.5. The molecule has 1 heterocycles. The molecule has 0 fully saturated rings. The molecule has 0 unspecified atom stereocenters. The number of carbonyl (C=O) groups is 2. The lowest BCUT2D eigenvalue weighted by Gasteiger charge is -2.10. The lowest BCUT2D eigenvalue weighted by atomic mass is 10.1. The third kappa shape index (κ3) is 5.65. The van der Waals surface area contributed by atoms with E-state index in [9.17, 15) is 19.7 Å². The summed E-state index contributed by atoms with van der Waals surface area (Å²) in [4.78, 5) is 35.5. The molecule has 2 aromatic carbocycles. The normalized spacial score (nSPS) is 11.0. The molecule has 2 N–H and O–H groups in total. The molecule has 0 saturated carbocycles. The molecule has 0 aliphatic heterocycles. The first-order chi connectivity index (χ1) is 14.5. The zero-order valence-electron chi connectivity index (χ0n) is 15.9. The third-order valence-electron chi connectivity index (χ3n) is 4.17. The van der Waals surface area contributed by atoms with Crippen LogP contribution in [0.15, 0.2) is 83.1 Å². The zero-order valence-corrected chi connectivity index (χ0v) is 15.9. The zero-order chi connectivity index (χ0) is 21.3. The number of carbonyl (C=O) groups excluding carboxylic acids is 2. The van der Waals surface area contributed by atoms with Crippen molar-refractivity contribution in [3.8, 4) is 0 Å². The summed E-state index contributed by atoms with van der Waals surface area (Å²) in [6.07, 6.45) is 3.34. The highest BCUT2D eigenvalue weighted by Crippen LogP contribution is 2.15. The van der Waals surface area contributed by atoms with Crippen LogP contribution in [-0.2, 0) is 11.2 Å². The van der Waals surface area contributed by atoms with Gasteiger partial charge in [0.1, 0.15) is 5.70 Å². The second-order valence-electron chi connectivity index (χ2n) is 6.33. The Kier molecular flexibility index (Phi) is 6.73. The second kappa shape index (κ2) is 9.83. The molecule has 3 rings (SSSR count). The minimum absolute atomic E-state index is 0.0389. The number of nitro groups is 1. The van der Waals surface area contributed by atoms with Crippen LogP contribution >= 0.6 is 0 Å². The number of nitro benzene ring substituents is 1. The van der Waals surface area contributed by atoms with E-state index < -0.39 is 16.7 Å². The topological polar surface area (TPSA) is 114 Å². The predicted molar refractivity (Wildman–Crippen MR) is 110 cm³/mol. The minimum Gasteiger partial charge on any atom is -0.459 e. The van der Waals surface area contributed by atoms with Crippen molar-refractivity contribution in [1.29, 1.82) is 0 Å². The number of hydrogen-bond acceptors (Lipinski definition) is 5. The average Bonchev–Trinajstić information content (AvgIpc) is 3.29. The van der Waals surface area contributed by atoms with Gasteiger partial charge in [-0.2, -0.15) is 0 Å². The summed E-state index contributed by atoms with van der Waals surface area (Å²) in [5, 5.41) is 16.3. The van der Waals surface area contributed by atoms with Gasteiger partial charge in [0.15, 0.2) is 5.76 Å². The highest BCUT2D eigenvalue weighted by Gasteiger charge is 2.16. The number of furan rings is 1. The number of amides is 2. The minimum atomic E-state index is -0.602. The number of nitrogens with one attached hydrogen (secondary N) is 2. The smallest absolute Gasteiger partial charge is 0.291 e. The number of hydrogen-bond donors (Lipinski definition) is 2. The number of nitrogens with zero attached hydrogens (tertiary/aromatic N) is 1. The van der Waals surface area contributed by atoms with Crippen molar-refractivity contribution < 1.29 is 18.9 Å². The Labute approximate surface area is 172 Å². The van der Waals surface area contributed by atoms with E-state index in [0.717, 1.165) is 5.56 Å². The molecule has 30 heavy (non-hydrogen) atoms. The third-order valence-corrected chi connectivity index (χ3v) is 4.17.